The lowest BCUT2D eigenvalue weighted by molar-refractivity contribution is -0.120. The molecule has 120 valence electrons. The summed E-state index contributed by atoms with van der Waals surface area (Å²) in [6.45, 7) is 7.90. The van der Waals surface area contributed by atoms with E-state index < -0.39 is 0 Å². The number of amides is 1. The molecule has 2 aromatic carbocycles. The van der Waals surface area contributed by atoms with Crippen molar-refractivity contribution >= 4 is 17.8 Å². The molecule has 2 aromatic rings. The zero-order chi connectivity index (χ0) is 16.8. The summed E-state index contributed by atoms with van der Waals surface area (Å²) in [4.78, 5) is 17.0. The van der Waals surface area contributed by atoms with Crippen LogP contribution in [0.2, 0.25) is 0 Å². The maximum absolute atomic E-state index is 11.9. The summed E-state index contributed by atoms with van der Waals surface area (Å²) in [6.07, 6.45) is 1.59. The van der Waals surface area contributed by atoms with E-state index in [0.29, 0.717) is 0 Å². The molecule has 0 atom stereocenters. The number of anilines is 1. The smallest absolute Gasteiger partial charge is 0.265 e. The lowest BCUT2D eigenvalue weighted by Gasteiger charge is -2.12. The van der Waals surface area contributed by atoms with Crippen LogP contribution in [0.15, 0.2) is 41.6 Å². The molecule has 0 aliphatic carbocycles. The molecular formula is C19H22N2O2. The Balaban J connectivity index is 1.87. The SMILES string of the molecule is Cc1ccc(/C=N\OCC(=O)Nc2c(C)cc(C)cc2C)cc1. The Morgan fingerprint density at radius 1 is 1.04 bits per heavy atom. The van der Waals surface area contributed by atoms with Crippen LogP contribution in [-0.2, 0) is 9.63 Å². The third-order valence-electron chi connectivity index (χ3n) is 3.49. The van der Waals surface area contributed by atoms with Gasteiger partial charge in [-0.1, -0.05) is 52.7 Å². The highest BCUT2D eigenvalue weighted by Gasteiger charge is 2.08. The number of nitrogens with one attached hydrogen (secondary N) is 1. The van der Waals surface area contributed by atoms with Gasteiger partial charge in [-0.2, -0.15) is 0 Å². The first-order valence-corrected chi connectivity index (χ1v) is 7.55. The predicted octanol–water partition coefficient (Wildman–Crippen LogP) is 3.91. The van der Waals surface area contributed by atoms with Gasteiger partial charge in [0.05, 0.1) is 6.21 Å². The fourth-order valence-corrected chi connectivity index (χ4v) is 2.40. The molecule has 2 rings (SSSR count). The van der Waals surface area contributed by atoms with Gasteiger partial charge in [0.1, 0.15) is 0 Å². The predicted molar refractivity (Wildman–Crippen MR) is 94.0 cm³/mol. The van der Waals surface area contributed by atoms with Gasteiger partial charge in [-0.3, -0.25) is 4.79 Å². The van der Waals surface area contributed by atoms with Gasteiger partial charge in [0, 0.05) is 5.69 Å². The number of hydrogen-bond acceptors (Lipinski definition) is 3. The molecule has 0 fully saturated rings. The molecule has 1 amide bonds. The largest absolute Gasteiger partial charge is 0.386 e. The lowest BCUT2D eigenvalue weighted by atomic mass is 10.1. The third-order valence-corrected chi connectivity index (χ3v) is 3.49. The van der Waals surface area contributed by atoms with Crippen molar-refractivity contribution in [3.63, 3.8) is 0 Å². The minimum atomic E-state index is -0.221. The number of rotatable bonds is 5. The van der Waals surface area contributed by atoms with E-state index in [0.717, 1.165) is 22.4 Å². The van der Waals surface area contributed by atoms with Gasteiger partial charge in [-0.25, -0.2) is 0 Å². The number of carbonyl (C=O) groups excluding carboxylic acids is 1. The molecule has 0 bridgehead atoms. The first kappa shape index (κ1) is 16.7. The Labute approximate surface area is 137 Å². The Morgan fingerprint density at radius 2 is 1.65 bits per heavy atom. The summed E-state index contributed by atoms with van der Waals surface area (Å²) in [5.41, 5.74) is 6.22. The van der Waals surface area contributed by atoms with Crippen LogP contribution in [0.5, 0.6) is 0 Å². The molecule has 1 N–H and O–H groups in total. The fourth-order valence-electron chi connectivity index (χ4n) is 2.40. The molecular weight excluding hydrogens is 288 g/mol. The molecule has 0 radical (unpaired) electrons. The van der Waals surface area contributed by atoms with Crippen LogP contribution < -0.4 is 5.32 Å². The maximum atomic E-state index is 11.9. The summed E-state index contributed by atoms with van der Waals surface area (Å²) in [6, 6.07) is 12.0. The molecule has 4 nitrogen and oxygen atoms in total. The van der Waals surface area contributed by atoms with Gasteiger partial charge < -0.3 is 10.2 Å². The van der Waals surface area contributed by atoms with Gasteiger partial charge >= 0.3 is 0 Å². The summed E-state index contributed by atoms with van der Waals surface area (Å²) in [5.74, 6) is -0.221. The maximum Gasteiger partial charge on any atom is 0.265 e. The first-order chi connectivity index (χ1) is 11.0. The number of benzene rings is 2. The van der Waals surface area contributed by atoms with Crippen molar-refractivity contribution in [2.24, 2.45) is 5.16 Å². The fraction of sp³-hybridized carbons (Fsp3) is 0.263. The van der Waals surface area contributed by atoms with Crippen molar-refractivity contribution in [2.45, 2.75) is 27.7 Å². The number of aryl methyl sites for hydroxylation is 4. The van der Waals surface area contributed by atoms with Crippen LogP contribution in [0.1, 0.15) is 27.8 Å². The Bertz CT molecular complexity index is 696. The molecule has 0 saturated carbocycles. The second-order valence-corrected chi connectivity index (χ2v) is 5.74. The zero-order valence-corrected chi connectivity index (χ0v) is 14.0. The van der Waals surface area contributed by atoms with Gasteiger partial charge in [-0.15, -0.1) is 0 Å². The van der Waals surface area contributed by atoms with E-state index in [1.165, 1.54) is 11.1 Å². The number of carbonyl (C=O) groups is 1. The molecule has 0 aliphatic heterocycles. The molecule has 0 aliphatic rings. The second kappa shape index (κ2) is 7.58. The van der Waals surface area contributed by atoms with E-state index in [2.05, 4.69) is 10.5 Å². The average molecular weight is 310 g/mol. The summed E-state index contributed by atoms with van der Waals surface area (Å²) >= 11 is 0. The van der Waals surface area contributed by atoms with E-state index in [1.807, 2.05) is 64.1 Å². The van der Waals surface area contributed by atoms with Gasteiger partial charge in [0.2, 0.25) is 0 Å². The van der Waals surface area contributed by atoms with Gasteiger partial charge in [0.15, 0.2) is 6.61 Å². The van der Waals surface area contributed by atoms with Crippen molar-refractivity contribution in [3.8, 4) is 0 Å². The Hall–Kier alpha value is -2.62. The highest BCUT2D eigenvalue weighted by molar-refractivity contribution is 5.93. The summed E-state index contributed by atoms with van der Waals surface area (Å²) < 4.78 is 0. The van der Waals surface area contributed by atoms with Gasteiger partial charge in [0.25, 0.3) is 5.91 Å². The molecule has 0 heterocycles. The average Bonchev–Trinajstić information content (AvgIpc) is 2.49. The van der Waals surface area contributed by atoms with Crippen LogP contribution in [0.3, 0.4) is 0 Å². The van der Waals surface area contributed by atoms with E-state index in [4.69, 9.17) is 4.84 Å². The number of nitrogens with zero attached hydrogens (tertiary/aromatic N) is 1. The standard InChI is InChI=1S/C19H22N2O2/c1-13-5-7-17(8-6-13)11-20-23-12-18(22)21-19-15(3)9-14(2)10-16(19)4/h5-11H,12H2,1-4H3,(H,21,22)/b20-11-. The van der Waals surface area contributed by atoms with Crippen molar-refractivity contribution in [1.82, 2.24) is 0 Å². The van der Waals surface area contributed by atoms with Crippen molar-refractivity contribution < 1.29 is 9.63 Å². The van der Waals surface area contributed by atoms with Crippen LogP contribution in [0, 0.1) is 27.7 Å². The van der Waals surface area contributed by atoms with Crippen molar-refractivity contribution in [2.75, 3.05) is 11.9 Å². The number of hydrogen-bond donors (Lipinski definition) is 1. The van der Waals surface area contributed by atoms with Crippen LogP contribution in [0.25, 0.3) is 0 Å². The van der Waals surface area contributed by atoms with Crippen LogP contribution in [-0.4, -0.2) is 18.7 Å². The van der Waals surface area contributed by atoms with E-state index in [1.54, 1.807) is 6.21 Å². The van der Waals surface area contributed by atoms with Crippen LogP contribution >= 0.6 is 0 Å². The quantitative estimate of drug-likeness (QED) is 0.672. The van der Waals surface area contributed by atoms with Gasteiger partial charge in [-0.05, 0) is 44.4 Å². The first-order valence-electron chi connectivity index (χ1n) is 7.55. The molecule has 0 saturated heterocycles. The van der Waals surface area contributed by atoms with Crippen molar-refractivity contribution in [3.05, 3.63) is 64.2 Å². The highest BCUT2D eigenvalue weighted by atomic mass is 16.6. The Kier molecular flexibility index (Phi) is 5.52. The minimum absolute atomic E-state index is 0.116. The number of oxime groups is 1. The summed E-state index contributed by atoms with van der Waals surface area (Å²) in [5, 5.41) is 6.70. The Morgan fingerprint density at radius 3 is 2.26 bits per heavy atom. The van der Waals surface area contributed by atoms with E-state index in [-0.39, 0.29) is 12.5 Å². The van der Waals surface area contributed by atoms with E-state index in [9.17, 15) is 4.79 Å². The molecule has 0 spiro atoms. The molecule has 0 unspecified atom stereocenters. The van der Waals surface area contributed by atoms with Crippen LogP contribution in [0.4, 0.5) is 5.69 Å². The topological polar surface area (TPSA) is 50.7 Å². The third kappa shape index (κ3) is 4.95. The zero-order valence-electron chi connectivity index (χ0n) is 14.0. The minimum Gasteiger partial charge on any atom is -0.386 e. The summed E-state index contributed by atoms with van der Waals surface area (Å²) in [7, 11) is 0. The molecule has 0 aromatic heterocycles. The molecule has 23 heavy (non-hydrogen) atoms. The highest BCUT2D eigenvalue weighted by Crippen LogP contribution is 2.21. The normalized spacial score (nSPS) is 10.8. The molecule has 4 heteroatoms. The van der Waals surface area contributed by atoms with Crippen molar-refractivity contribution in [1.29, 1.82) is 0 Å². The lowest BCUT2D eigenvalue weighted by Crippen LogP contribution is -2.18. The monoisotopic (exact) mass is 310 g/mol. The van der Waals surface area contributed by atoms with E-state index >= 15 is 0 Å². The second-order valence-electron chi connectivity index (χ2n) is 5.74.